The summed E-state index contributed by atoms with van der Waals surface area (Å²) >= 11 is 0. The first kappa shape index (κ1) is 17.5. The molecule has 0 aliphatic carbocycles. The van der Waals surface area contributed by atoms with Gasteiger partial charge in [0.1, 0.15) is 0 Å². The number of nitrogens with two attached hydrogens (primary N) is 2. The monoisotopic (exact) mass is 325 g/mol. The van der Waals surface area contributed by atoms with Crippen molar-refractivity contribution >= 4 is 17.5 Å². The molecule has 0 aromatic heterocycles. The van der Waals surface area contributed by atoms with Gasteiger partial charge in [0.25, 0.3) is 0 Å². The number of para-hydroxylation sites is 1. The van der Waals surface area contributed by atoms with Gasteiger partial charge >= 0.3 is 0 Å². The van der Waals surface area contributed by atoms with Crippen LogP contribution in [0.25, 0.3) is 0 Å². The fourth-order valence-electron chi connectivity index (χ4n) is 2.67. The Bertz CT molecular complexity index is 701. The highest BCUT2D eigenvalue weighted by atomic mass is 16.2. The Labute approximate surface area is 142 Å². The molecular weight excluding hydrogens is 302 g/mol. The number of nitrogen functional groups attached to an aromatic ring is 1. The predicted molar refractivity (Wildman–Crippen MR) is 94.9 cm³/mol. The molecule has 0 saturated heterocycles. The topological polar surface area (TPSA) is 89.4 Å². The summed E-state index contributed by atoms with van der Waals surface area (Å²) < 4.78 is 0. The first-order valence-electron chi connectivity index (χ1n) is 7.95. The highest BCUT2D eigenvalue weighted by Crippen LogP contribution is 2.21. The first-order valence-corrected chi connectivity index (χ1v) is 7.95. The van der Waals surface area contributed by atoms with Crippen LogP contribution in [0, 0.1) is 0 Å². The van der Waals surface area contributed by atoms with E-state index in [4.69, 9.17) is 11.5 Å². The Kier molecular flexibility index (Phi) is 5.95. The van der Waals surface area contributed by atoms with Crippen LogP contribution >= 0.6 is 0 Å². The third-order valence-corrected chi connectivity index (χ3v) is 4.06. The zero-order valence-electron chi connectivity index (χ0n) is 13.8. The summed E-state index contributed by atoms with van der Waals surface area (Å²) in [5.41, 5.74) is 13.8. The molecule has 2 aromatic rings. The largest absolute Gasteiger partial charge is 0.399 e. The molecule has 2 rings (SSSR count). The number of nitrogens with zero attached hydrogens (tertiary/aromatic N) is 1. The number of benzene rings is 2. The summed E-state index contributed by atoms with van der Waals surface area (Å²) in [6.07, 6.45) is 0.806. The van der Waals surface area contributed by atoms with E-state index in [2.05, 4.69) is 0 Å². The van der Waals surface area contributed by atoms with Crippen molar-refractivity contribution in [2.75, 3.05) is 12.3 Å². The third-order valence-electron chi connectivity index (χ3n) is 4.06. The number of hydrogen-bond donors (Lipinski definition) is 2. The second-order valence-electron chi connectivity index (χ2n) is 5.77. The van der Waals surface area contributed by atoms with Gasteiger partial charge in [-0.2, -0.15) is 0 Å². The molecule has 24 heavy (non-hydrogen) atoms. The van der Waals surface area contributed by atoms with Gasteiger partial charge < -0.3 is 16.4 Å². The number of aryl methyl sites for hydroxylation is 1. The number of amides is 2. The molecule has 1 atom stereocenters. The fourth-order valence-corrected chi connectivity index (χ4v) is 2.67. The molecule has 0 aliphatic rings. The van der Waals surface area contributed by atoms with Crippen molar-refractivity contribution in [2.45, 2.75) is 25.8 Å². The molecule has 2 aromatic carbocycles. The number of carbonyl (C=O) groups is 2. The van der Waals surface area contributed by atoms with E-state index in [0.717, 1.165) is 11.1 Å². The SMILES string of the molecule is C[C@H](c1ccccc1)N(CC(N)=O)C(=O)CCc1ccccc1N. The van der Waals surface area contributed by atoms with E-state index in [1.807, 2.05) is 61.5 Å². The van der Waals surface area contributed by atoms with Crippen molar-refractivity contribution in [3.05, 3.63) is 65.7 Å². The maximum atomic E-state index is 12.7. The van der Waals surface area contributed by atoms with Crippen LogP contribution in [0.1, 0.15) is 30.5 Å². The molecule has 0 bridgehead atoms. The van der Waals surface area contributed by atoms with Crippen LogP contribution in [-0.2, 0) is 16.0 Å². The van der Waals surface area contributed by atoms with Crippen LogP contribution in [-0.4, -0.2) is 23.3 Å². The van der Waals surface area contributed by atoms with E-state index < -0.39 is 5.91 Å². The summed E-state index contributed by atoms with van der Waals surface area (Å²) in [6, 6.07) is 16.8. The normalized spacial score (nSPS) is 11.7. The summed E-state index contributed by atoms with van der Waals surface area (Å²) in [5, 5.41) is 0. The van der Waals surface area contributed by atoms with E-state index in [0.29, 0.717) is 12.1 Å². The van der Waals surface area contributed by atoms with Crippen LogP contribution in [0.5, 0.6) is 0 Å². The molecule has 4 N–H and O–H groups in total. The number of anilines is 1. The minimum absolute atomic E-state index is 0.0980. The van der Waals surface area contributed by atoms with Crippen LogP contribution in [0.2, 0.25) is 0 Å². The van der Waals surface area contributed by atoms with Gasteiger partial charge in [0.05, 0.1) is 12.6 Å². The van der Waals surface area contributed by atoms with Crippen LogP contribution in [0.4, 0.5) is 5.69 Å². The number of rotatable bonds is 7. The molecular formula is C19H23N3O2. The first-order chi connectivity index (χ1) is 11.5. The van der Waals surface area contributed by atoms with Gasteiger partial charge in [0, 0.05) is 12.1 Å². The Morgan fingerprint density at radius 3 is 2.29 bits per heavy atom. The standard InChI is InChI=1S/C19H23N3O2/c1-14(15-7-3-2-4-8-15)22(13-18(21)23)19(24)12-11-16-9-5-6-10-17(16)20/h2-10,14H,11-13,20H2,1H3,(H2,21,23)/t14-/m1/s1. The smallest absolute Gasteiger partial charge is 0.237 e. The molecule has 5 heteroatoms. The van der Waals surface area contributed by atoms with Crippen LogP contribution in [0.15, 0.2) is 54.6 Å². The Morgan fingerprint density at radius 2 is 1.67 bits per heavy atom. The van der Waals surface area contributed by atoms with Crippen molar-refractivity contribution in [1.29, 1.82) is 0 Å². The lowest BCUT2D eigenvalue weighted by molar-refractivity contribution is -0.137. The number of hydrogen-bond acceptors (Lipinski definition) is 3. The molecule has 5 nitrogen and oxygen atoms in total. The maximum Gasteiger partial charge on any atom is 0.237 e. The minimum atomic E-state index is -0.523. The summed E-state index contributed by atoms with van der Waals surface area (Å²) in [4.78, 5) is 25.6. The molecule has 126 valence electrons. The lowest BCUT2D eigenvalue weighted by Gasteiger charge is -2.28. The average Bonchev–Trinajstić information content (AvgIpc) is 2.58. The number of carbonyl (C=O) groups excluding carboxylic acids is 2. The highest BCUT2D eigenvalue weighted by Gasteiger charge is 2.23. The molecule has 0 unspecified atom stereocenters. The van der Waals surface area contributed by atoms with Gasteiger partial charge in [0.2, 0.25) is 11.8 Å². The molecule has 0 fully saturated rings. The lowest BCUT2D eigenvalue weighted by atomic mass is 10.0. The molecule has 0 spiro atoms. The van der Waals surface area contributed by atoms with Crippen molar-refractivity contribution in [3.63, 3.8) is 0 Å². The average molecular weight is 325 g/mol. The quantitative estimate of drug-likeness (QED) is 0.765. The van der Waals surface area contributed by atoms with Crippen LogP contribution in [0.3, 0.4) is 0 Å². The van der Waals surface area contributed by atoms with Crippen LogP contribution < -0.4 is 11.5 Å². The van der Waals surface area contributed by atoms with Gasteiger partial charge in [0.15, 0.2) is 0 Å². The van der Waals surface area contributed by atoms with Gasteiger partial charge in [-0.3, -0.25) is 9.59 Å². The molecule has 0 aliphatic heterocycles. The molecule has 0 heterocycles. The maximum absolute atomic E-state index is 12.7. The fraction of sp³-hybridized carbons (Fsp3) is 0.263. The molecule has 0 radical (unpaired) electrons. The highest BCUT2D eigenvalue weighted by molar-refractivity contribution is 5.84. The van der Waals surface area contributed by atoms with Gasteiger partial charge in [-0.25, -0.2) is 0 Å². The van der Waals surface area contributed by atoms with Gasteiger partial charge in [-0.15, -0.1) is 0 Å². The predicted octanol–water partition coefficient (Wildman–Crippen LogP) is 2.28. The zero-order valence-corrected chi connectivity index (χ0v) is 13.8. The van der Waals surface area contributed by atoms with E-state index in [1.165, 1.54) is 4.90 Å². The van der Waals surface area contributed by atoms with Gasteiger partial charge in [-0.1, -0.05) is 48.5 Å². The lowest BCUT2D eigenvalue weighted by Crippen LogP contribution is -2.40. The summed E-state index contributed by atoms with van der Waals surface area (Å²) in [5.74, 6) is -0.640. The zero-order chi connectivity index (χ0) is 17.5. The Hall–Kier alpha value is -2.82. The third kappa shape index (κ3) is 4.59. The van der Waals surface area contributed by atoms with Crippen molar-refractivity contribution < 1.29 is 9.59 Å². The van der Waals surface area contributed by atoms with Crippen molar-refractivity contribution in [1.82, 2.24) is 4.90 Å². The molecule has 2 amide bonds. The van der Waals surface area contributed by atoms with Crippen molar-refractivity contribution in [2.24, 2.45) is 5.73 Å². The molecule has 0 saturated carbocycles. The van der Waals surface area contributed by atoms with E-state index in [1.54, 1.807) is 0 Å². The Balaban J connectivity index is 2.10. The minimum Gasteiger partial charge on any atom is -0.399 e. The summed E-state index contributed by atoms with van der Waals surface area (Å²) in [7, 11) is 0. The van der Waals surface area contributed by atoms with Crippen molar-refractivity contribution in [3.8, 4) is 0 Å². The second kappa shape index (κ2) is 8.15. The summed E-state index contributed by atoms with van der Waals surface area (Å²) in [6.45, 7) is 1.80. The number of primary amides is 1. The van der Waals surface area contributed by atoms with E-state index >= 15 is 0 Å². The van der Waals surface area contributed by atoms with E-state index in [9.17, 15) is 9.59 Å². The Morgan fingerprint density at radius 1 is 1.04 bits per heavy atom. The van der Waals surface area contributed by atoms with Gasteiger partial charge in [-0.05, 0) is 30.5 Å². The van der Waals surface area contributed by atoms with E-state index in [-0.39, 0.29) is 24.9 Å². The second-order valence-corrected chi connectivity index (χ2v) is 5.77.